The quantitative estimate of drug-likeness (QED) is 0.739. The minimum absolute atomic E-state index is 0.0155. The lowest BCUT2D eigenvalue weighted by molar-refractivity contribution is -0.118. The Labute approximate surface area is 140 Å². The third-order valence-electron chi connectivity index (χ3n) is 4.77. The number of hydrogen-bond donors (Lipinski definition) is 1. The van der Waals surface area contributed by atoms with Gasteiger partial charge in [0.2, 0.25) is 11.3 Å². The Kier molecular flexibility index (Phi) is 4.14. The maximum atomic E-state index is 12.9. The van der Waals surface area contributed by atoms with Crippen molar-refractivity contribution in [1.29, 1.82) is 0 Å². The van der Waals surface area contributed by atoms with Crippen molar-refractivity contribution in [2.45, 2.75) is 39.5 Å². The van der Waals surface area contributed by atoms with Crippen molar-refractivity contribution in [3.05, 3.63) is 57.2 Å². The van der Waals surface area contributed by atoms with E-state index in [0.717, 1.165) is 16.7 Å². The predicted octanol–water partition coefficient (Wildman–Crippen LogP) is 3.93. The van der Waals surface area contributed by atoms with E-state index in [0.29, 0.717) is 34.8 Å². The second kappa shape index (κ2) is 6.11. The smallest absolute Gasteiger partial charge is 0.217 e. The summed E-state index contributed by atoms with van der Waals surface area (Å²) in [6, 6.07) is 9.38. The normalized spacial score (nSPS) is 12.6. The molecule has 0 radical (unpaired) electrons. The van der Waals surface area contributed by atoms with Gasteiger partial charge in [-0.3, -0.25) is 9.59 Å². The van der Waals surface area contributed by atoms with Crippen LogP contribution in [0.2, 0.25) is 0 Å². The van der Waals surface area contributed by atoms with Gasteiger partial charge < -0.3 is 10.2 Å². The van der Waals surface area contributed by atoms with Gasteiger partial charge in [-0.2, -0.15) is 0 Å². The summed E-state index contributed by atoms with van der Waals surface area (Å²) >= 11 is 0. The van der Waals surface area contributed by atoms with Crippen LogP contribution in [0.4, 0.5) is 0 Å². The van der Waals surface area contributed by atoms with Crippen LogP contribution in [0.1, 0.15) is 42.4 Å². The average molecular weight is 323 g/mol. The molecule has 0 aliphatic carbocycles. The Morgan fingerprint density at radius 3 is 2.54 bits per heavy atom. The largest absolute Gasteiger partial charge is 0.455 e. The van der Waals surface area contributed by atoms with Crippen LogP contribution in [-0.4, -0.2) is 5.91 Å². The fourth-order valence-corrected chi connectivity index (χ4v) is 3.10. The Morgan fingerprint density at radius 1 is 1.12 bits per heavy atom. The molecule has 0 saturated carbocycles. The molecule has 1 amide bonds. The molecule has 4 heteroatoms. The predicted molar refractivity (Wildman–Crippen MR) is 96.3 cm³/mol. The van der Waals surface area contributed by atoms with Crippen LogP contribution in [0, 0.1) is 13.8 Å². The molecule has 24 heavy (non-hydrogen) atoms. The van der Waals surface area contributed by atoms with Gasteiger partial charge in [-0.05, 0) is 55.0 Å². The molecule has 124 valence electrons. The molecule has 1 heterocycles. The zero-order valence-corrected chi connectivity index (χ0v) is 14.2. The van der Waals surface area contributed by atoms with Crippen molar-refractivity contribution < 1.29 is 9.21 Å². The topological polar surface area (TPSA) is 73.3 Å². The van der Waals surface area contributed by atoms with Gasteiger partial charge in [0.05, 0.1) is 10.8 Å². The molecule has 0 saturated heterocycles. The summed E-state index contributed by atoms with van der Waals surface area (Å²) in [5.41, 5.74) is 9.49. The molecular weight excluding hydrogens is 302 g/mol. The van der Waals surface area contributed by atoms with Crippen LogP contribution in [0.25, 0.3) is 21.9 Å². The molecule has 0 bridgehead atoms. The summed E-state index contributed by atoms with van der Waals surface area (Å²) < 4.78 is 6.18. The first kappa shape index (κ1) is 16.2. The van der Waals surface area contributed by atoms with Crippen LogP contribution in [0.3, 0.4) is 0 Å². The molecular formula is C20H21NO3. The lowest BCUT2D eigenvalue weighted by Crippen LogP contribution is -2.12. The Bertz CT molecular complexity index is 1000. The van der Waals surface area contributed by atoms with Crippen molar-refractivity contribution in [1.82, 2.24) is 0 Å². The number of carbonyl (C=O) groups is 1. The molecule has 3 rings (SSSR count). The van der Waals surface area contributed by atoms with Gasteiger partial charge in [-0.15, -0.1) is 0 Å². The zero-order valence-electron chi connectivity index (χ0n) is 14.2. The highest BCUT2D eigenvalue weighted by atomic mass is 16.3. The van der Waals surface area contributed by atoms with Crippen LogP contribution in [-0.2, 0) is 4.79 Å². The van der Waals surface area contributed by atoms with Crippen LogP contribution in [0.15, 0.2) is 39.5 Å². The molecule has 1 unspecified atom stereocenters. The van der Waals surface area contributed by atoms with Crippen molar-refractivity contribution in [2.24, 2.45) is 5.73 Å². The Morgan fingerprint density at radius 2 is 1.83 bits per heavy atom. The van der Waals surface area contributed by atoms with E-state index in [1.54, 1.807) is 6.07 Å². The minimum atomic E-state index is -0.319. The summed E-state index contributed by atoms with van der Waals surface area (Å²) in [5.74, 6) is -0.243. The first-order valence-electron chi connectivity index (χ1n) is 8.14. The van der Waals surface area contributed by atoms with Gasteiger partial charge in [0.25, 0.3) is 0 Å². The number of nitrogens with two attached hydrogens (primary N) is 1. The molecule has 2 N–H and O–H groups in total. The van der Waals surface area contributed by atoms with Crippen molar-refractivity contribution in [2.75, 3.05) is 0 Å². The third kappa shape index (κ3) is 2.68. The second-order valence-corrected chi connectivity index (χ2v) is 6.45. The molecule has 0 aliphatic rings. The molecule has 2 aromatic carbocycles. The number of hydrogen-bond acceptors (Lipinski definition) is 3. The van der Waals surface area contributed by atoms with Crippen LogP contribution < -0.4 is 11.2 Å². The van der Waals surface area contributed by atoms with Gasteiger partial charge in [-0.1, -0.05) is 25.1 Å². The van der Waals surface area contributed by atoms with E-state index in [4.69, 9.17) is 10.2 Å². The molecule has 3 aromatic rings. The molecule has 0 fully saturated rings. The minimum Gasteiger partial charge on any atom is -0.455 e. The average Bonchev–Trinajstić information content (AvgIpc) is 2.56. The number of para-hydroxylation sites is 1. The highest BCUT2D eigenvalue weighted by molar-refractivity contribution is 5.92. The number of amides is 1. The van der Waals surface area contributed by atoms with Gasteiger partial charge in [-0.25, -0.2) is 0 Å². The Balaban J connectivity index is 2.27. The van der Waals surface area contributed by atoms with E-state index in [-0.39, 0.29) is 17.3 Å². The number of aryl methyl sites for hydroxylation is 2. The summed E-state index contributed by atoms with van der Waals surface area (Å²) in [4.78, 5) is 23.9. The van der Waals surface area contributed by atoms with Crippen LogP contribution in [0.5, 0.6) is 0 Å². The van der Waals surface area contributed by atoms with Crippen molar-refractivity contribution in [3.8, 4) is 0 Å². The van der Waals surface area contributed by atoms with Gasteiger partial charge in [0.15, 0.2) is 0 Å². The van der Waals surface area contributed by atoms with E-state index >= 15 is 0 Å². The number of primary amides is 1. The molecule has 1 aromatic heterocycles. The Hall–Kier alpha value is -2.62. The number of fused-ring (bicyclic) bond motifs is 2. The standard InChI is InChI=1S/C20H21NO3/c1-11-7-9-16-18(23)15-6-4-5-14(12(2)8-10-17(21)22)20(15)24-19(16)13(11)3/h4-7,9,12H,8,10H2,1-3H3,(H2,21,22). The van der Waals surface area contributed by atoms with Gasteiger partial charge in [0.1, 0.15) is 11.2 Å². The highest BCUT2D eigenvalue weighted by Crippen LogP contribution is 2.30. The molecule has 0 aliphatic heterocycles. The molecule has 1 atom stereocenters. The number of rotatable bonds is 4. The van der Waals surface area contributed by atoms with Gasteiger partial charge >= 0.3 is 0 Å². The second-order valence-electron chi connectivity index (χ2n) is 6.45. The SMILES string of the molecule is Cc1ccc2c(=O)c3cccc(C(C)CCC(N)=O)c3oc2c1C. The third-order valence-corrected chi connectivity index (χ3v) is 4.77. The van der Waals surface area contributed by atoms with Crippen LogP contribution >= 0.6 is 0 Å². The first-order valence-corrected chi connectivity index (χ1v) is 8.14. The van der Waals surface area contributed by atoms with E-state index in [2.05, 4.69) is 0 Å². The summed E-state index contributed by atoms with van der Waals surface area (Å²) in [7, 11) is 0. The fourth-order valence-electron chi connectivity index (χ4n) is 3.10. The number of carbonyl (C=O) groups excluding carboxylic acids is 1. The summed E-state index contributed by atoms with van der Waals surface area (Å²) in [5, 5.41) is 1.18. The van der Waals surface area contributed by atoms with E-state index in [9.17, 15) is 9.59 Å². The summed E-state index contributed by atoms with van der Waals surface area (Å²) in [6.07, 6.45) is 0.941. The lowest BCUT2D eigenvalue weighted by atomic mass is 9.93. The fraction of sp³-hybridized carbons (Fsp3) is 0.300. The van der Waals surface area contributed by atoms with E-state index in [1.807, 2.05) is 45.0 Å². The molecule has 0 spiro atoms. The lowest BCUT2D eigenvalue weighted by Gasteiger charge is -2.14. The van der Waals surface area contributed by atoms with Crippen molar-refractivity contribution in [3.63, 3.8) is 0 Å². The first-order chi connectivity index (χ1) is 11.4. The monoisotopic (exact) mass is 323 g/mol. The van der Waals surface area contributed by atoms with Crippen molar-refractivity contribution >= 4 is 27.8 Å². The van der Waals surface area contributed by atoms with Gasteiger partial charge in [0, 0.05) is 6.42 Å². The maximum Gasteiger partial charge on any atom is 0.217 e. The number of benzene rings is 2. The summed E-state index contributed by atoms with van der Waals surface area (Å²) in [6.45, 7) is 5.98. The van der Waals surface area contributed by atoms with E-state index in [1.165, 1.54) is 0 Å². The zero-order chi connectivity index (χ0) is 17.4. The highest BCUT2D eigenvalue weighted by Gasteiger charge is 2.17. The molecule has 4 nitrogen and oxygen atoms in total. The maximum absolute atomic E-state index is 12.9. The van der Waals surface area contributed by atoms with E-state index < -0.39 is 0 Å².